The van der Waals surface area contributed by atoms with Gasteiger partial charge in [-0.2, -0.15) is 0 Å². The minimum absolute atomic E-state index is 0.0159. The normalized spacial score (nSPS) is 20.1. The number of nitrogens with zero attached hydrogens (tertiary/aromatic N) is 4. The Morgan fingerprint density at radius 1 is 1.14 bits per heavy atom. The molecule has 0 aliphatic carbocycles. The van der Waals surface area contributed by atoms with Gasteiger partial charge in [0.2, 0.25) is 5.91 Å². The summed E-state index contributed by atoms with van der Waals surface area (Å²) < 4.78 is 7.54. The first-order valence-electron chi connectivity index (χ1n) is 10.1. The van der Waals surface area contributed by atoms with E-state index in [4.69, 9.17) is 9.72 Å². The number of ether oxygens (including phenoxy) is 1. The summed E-state index contributed by atoms with van der Waals surface area (Å²) in [6, 6.07) is 5.69. The highest BCUT2D eigenvalue weighted by atomic mass is 16.5. The van der Waals surface area contributed by atoms with Gasteiger partial charge in [-0.05, 0) is 30.2 Å². The van der Waals surface area contributed by atoms with Crippen LogP contribution in [0.5, 0.6) is 0 Å². The van der Waals surface area contributed by atoms with Gasteiger partial charge in [-0.1, -0.05) is 18.2 Å². The van der Waals surface area contributed by atoms with E-state index in [1.54, 1.807) is 0 Å². The van der Waals surface area contributed by atoms with Crippen LogP contribution < -0.4 is 0 Å². The van der Waals surface area contributed by atoms with Crippen LogP contribution in [0.2, 0.25) is 0 Å². The van der Waals surface area contributed by atoms with Gasteiger partial charge in [-0.25, -0.2) is 4.98 Å². The first-order chi connectivity index (χ1) is 14.1. The van der Waals surface area contributed by atoms with Crippen molar-refractivity contribution in [2.45, 2.75) is 39.1 Å². The van der Waals surface area contributed by atoms with Crippen molar-refractivity contribution in [2.24, 2.45) is 0 Å². The zero-order chi connectivity index (χ0) is 20.0. The third-order valence-corrected chi connectivity index (χ3v) is 6.01. The molecule has 1 atom stereocenters. The maximum Gasteiger partial charge on any atom is 0.254 e. The smallest absolute Gasteiger partial charge is 0.254 e. The van der Waals surface area contributed by atoms with E-state index in [1.807, 2.05) is 53.3 Å². The van der Waals surface area contributed by atoms with Crippen molar-refractivity contribution in [3.05, 3.63) is 64.8 Å². The molecule has 0 saturated carbocycles. The van der Waals surface area contributed by atoms with Gasteiger partial charge < -0.3 is 19.1 Å². The van der Waals surface area contributed by atoms with E-state index in [9.17, 15) is 9.59 Å². The van der Waals surface area contributed by atoms with Crippen LogP contribution in [0.4, 0.5) is 0 Å². The first kappa shape index (κ1) is 18.1. The van der Waals surface area contributed by atoms with Crippen LogP contribution in [-0.4, -0.2) is 50.8 Å². The molecule has 2 amide bonds. The fourth-order valence-corrected chi connectivity index (χ4v) is 4.33. The second kappa shape index (κ2) is 7.15. The maximum atomic E-state index is 13.2. The van der Waals surface area contributed by atoms with E-state index < -0.39 is 0 Å². The molecular formula is C22H24N4O3. The molecule has 2 aromatic rings. The Kier molecular flexibility index (Phi) is 4.47. The molecule has 0 saturated heterocycles. The van der Waals surface area contributed by atoms with Crippen LogP contribution in [-0.2, 0) is 35.7 Å². The molecule has 0 N–H and O–H groups in total. The van der Waals surface area contributed by atoms with Crippen LogP contribution in [0.3, 0.4) is 0 Å². The summed E-state index contributed by atoms with van der Waals surface area (Å²) in [5.41, 5.74) is 3.72. The third kappa shape index (κ3) is 3.25. The quantitative estimate of drug-likeness (QED) is 0.750. The molecule has 1 unspecified atom stereocenters. The second-order valence-corrected chi connectivity index (χ2v) is 7.88. The van der Waals surface area contributed by atoms with E-state index in [1.165, 1.54) is 0 Å². The molecule has 0 spiro atoms. The molecule has 0 radical (unpaired) electrons. The standard InChI is InChI=1S/C22H24N4O3/c1-15-21-23-19(11-20(27)24-6-2-3-7-24)12-25(21)8-9-26(15)22(28)16-4-5-17-13-29-14-18(17)10-16/h2-5,10,12,15H,6-9,11,13-14H2,1H3. The molecule has 29 heavy (non-hydrogen) atoms. The number of amides is 2. The van der Waals surface area contributed by atoms with Gasteiger partial charge in [0.25, 0.3) is 5.91 Å². The lowest BCUT2D eigenvalue weighted by Crippen LogP contribution is -2.41. The van der Waals surface area contributed by atoms with E-state index in [0.29, 0.717) is 51.4 Å². The van der Waals surface area contributed by atoms with Crippen LogP contribution in [0, 0.1) is 0 Å². The predicted octanol–water partition coefficient (Wildman–Crippen LogP) is 2.07. The molecule has 150 valence electrons. The summed E-state index contributed by atoms with van der Waals surface area (Å²) in [7, 11) is 0. The summed E-state index contributed by atoms with van der Waals surface area (Å²) in [5.74, 6) is 0.949. The lowest BCUT2D eigenvalue weighted by molar-refractivity contribution is -0.129. The molecule has 1 aromatic carbocycles. The highest BCUT2D eigenvalue weighted by Gasteiger charge is 2.31. The average molecular weight is 392 g/mol. The number of aromatic nitrogens is 2. The average Bonchev–Trinajstić information content (AvgIpc) is 3.47. The lowest BCUT2D eigenvalue weighted by Gasteiger charge is -2.34. The number of carbonyl (C=O) groups is 2. The molecule has 7 nitrogen and oxygen atoms in total. The van der Waals surface area contributed by atoms with Gasteiger partial charge in [-0.15, -0.1) is 0 Å². The molecule has 5 rings (SSSR count). The molecule has 0 fully saturated rings. The summed E-state index contributed by atoms with van der Waals surface area (Å²) in [4.78, 5) is 34.0. The van der Waals surface area contributed by atoms with E-state index >= 15 is 0 Å². The maximum absolute atomic E-state index is 13.2. The van der Waals surface area contributed by atoms with Gasteiger partial charge >= 0.3 is 0 Å². The largest absolute Gasteiger partial charge is 0.372 e. The lowest BCUT2D eigenvalue weighted by atomic mass is 10.0. The Morgan fingerprint density at radius 3 is 2.76 bits per heavy atom. The molecule has 3 aliphatic heterocycles. The number of hydrogen-bond acceptors (Lipinski definition) is 4. The van der Waals surface area contributed by atoms with Gasteiger partial charge in [0.1, 0.15) is 5.82 Å². The topological polar surface area (TPSA) is 67.7 Å². The van der Waals surface area contributed by atoms with Gasteiger partial charge in [0.15, 0.2) is 0 Å². The van der Waals surface area contributed by atoms with Crippen LogP contribution in [0.15, 0.2) is 36.5 Å². The van der Waals surface area contributed by atoms with Crippen LogP contribution >= 0.6 is 0 Å². The van der Waals surface area contributed by atoms with Crippen LogP contribution in [0.1, 0.15) is 46.0 Å². The zero-order valence-electron chi connectivity index (χ0n) is 16.5. The molecule has 0 bridgehead atoms. The molecule has 3 aliphatic rings. The predicted molar refractivity (Wildman–Crippen MR) is 106 cm³/mol. The van der Waals surface area contributed by atoms with Crippen LogP contribution in [0.25, 0.3) is 0 Å². The van der Waals surface area contributed by atoms with Gasteiger partial charge in [0, 0.05) is 37.9 Å². The summed E-state index contributed by atoms with van der Waals surface area (Å²) in [6.45, 7) is 5.86. The number of rotatable bonds is 3. The van der Waals surface area contributed by atoms with E-state index in [-0.39, 0.29) is 17.9 Å². The number of imidazole rings is 1. The van der Waals surface area contributed by atoms with Crippen molar-refractivity contribution in [1.29, 1.82) is 0 Å². The second-order valence-electron chi connectivity index (χ2n) is 7.88. The Labute approximate surface area is 169 Å². The minimum atomic E-state index is -0.141. The first-order valence-corrected chi connectivity index (χ1v) is 10.1. The molecule has 7 heteroatoms. The number of fused-ring (bicyclic) bond motifs is 2. The monoisotopic (exact) mass is 392 g/mol. The molecule has 1 aromatic heterocycles. The van der Waals surface area contributed by atoms with Crippen molar-refractivity contribution < 1.29 is 14.3 Å². The van der Waals surface area contributed by atoms with Crippen molar-refractivity contribution in [3.8, 4) is 0 Å². The zero-order valence-corrected chi connectivity index (χ0v) is 16.5. The van der Waals surface area contributed by atoms with E-state index in [2.05, 4.69) is 4.57 Å². The fourth-order valence-electron chi connectivity index (χ4n) is 4.33. The molecule has 4 heterocycles. The number of carbonyl (C=O) groups excluding carboxylic acids is 2. The molecular weight excluding hydrogens is 368 g/mol. The fraction of sp³-hybridized carbons (Fsp3) is 0.409. The summed E-state index contributed by atoms with van der Waals surface area (Å²) in [6.07, 6.45) is 6.27. The van der Waals surface area contributed by atoms with Crippen molar-refractivity contribution in [1.82, 2.24) is 19.4 Å². The van der Waals surface area contributed by atoms with Gasteiger partial charge in [0.05, 0.1) is 31.4 Å². The summed E-state index contributed by atoms with van der Waals surface area (Å²) in [5, 5.41) is 0. The van der Waals surface area contributed by atoms with Crippen molar-refractivity contribution in [3.63, 3.8) is 0 Å². The Hall–Kier alpha value is -2.93. The SMILES string of the molecule is CC1c2nc(CC(=O)N3CC=CC3)cn2CCN1C(=O)c1ccc2c(c1)COC2. The van der Waals surface area contributed by atoms with Gasteiger partial charge in [-0.3, -0.25) is 9.59 Å². The van der Waals surface area contributed by atoms with E-state index in [0.717, 1.165) is 22.6 Å². The Balaban J connectivity index is 1.32. The van der Waals surface area contributed by atoms with Crippen molar-refractivity contribution >= 4 is 11.8 Å². The number of benzene rings is 1. The highest BCUT2D eigenvalue weighted by molar-refractivity contribution is 5.94. The Morgan fingerprint density at radius 2 is 1.93 bits per heavy atom. The minimum Gasteiger partial charge on any atom is -0.372 e. The number of hydrogen-bond donors (Lipinski definition) is 0. The summed E-state index contributed by atoms with van der Waals surface area (Å²) >= 11 is 0. The third-order valence-electron chi connectivity index (χ3n) is 6.01. The van der Waals surface area contributed by atoms with Crippen molar-refractivity contribution in [2.75, 3.05) is 19.6 Å². The Bertz CT molecular complexity index is 1000. The highest BCUT2D eigenvalue weighted by Crippen LogP contribution is 2.28.